The predicted octanol–water partition coefficient (Wildman–Crippen LogP) is 3.66. The van der Waals surface area contributed by atoms with E-state index in [0.717, 1.165) is 6.42 Å². The Balaban J connectivity index is 1.30. The molecule has 11 nitrogen and oxygen atoms in total. The maximum atomic E-state index is 12.1. The summed E-state index contributed by atoms with van der Waals surface area (Å²) in [6.07, 6.45) is 7.38. The van der Waals surface area contributed by atoms with Gasteiger partial charge in [-0.1, -0.05) is 54.6 Å². The van der Waals surface area contributed by atoms with Crippen LogP contribution in [0.3, 0.4) is 0 Å². The molecule has 2 aromatic carbocycles. The molecule has 0 spiro atoms. The number of rotatable bonds is 18. The van der Waals surface area contributed by atoms with Gasteiger partial charge in [0.15, 0.2) is 0 Å². The normalized spacial score (nSPS) is 20.5. The number of esters is 1. The van der Waals surface area contributed by atoms with Crippen LogP contribution < -0.4 is 10.1 Å². The smallest absolute Gasteiger partial charge is 0.330 e. The Morgan fingerprint density at radius 1 is 1.02 bits per heavy atom. The van der Waals surface area contributed by atoms with Crippen LogP contribution in [0.25, 0.3) is 0 Å². The Bertz CT molecular complexity index is 1190. The number of hydrogen-bond donors (Lipinski definition) is 4. The fraction of sp³-hybridized carbons (Fsp3) is 0.500. The Kier molecular flexibility index (Phi) is 14.1. The zero-order valence-corrected chi connectivity index (χ0v) is 24.3. The second kappa shape index (κ2) is 18.0. The number of aliphatic hydroxyl groups excluding tert-OH is 3. The molecule has 0 radical (unpaired) electrons. The van der Waals surface area contributed by atoms with Gasteiger partial charge in [-0.2, -0.15) is 0 Å². The van der Waals surface area contributed by atoms with Crippen LogP contribution in [0.2, 0.25) is 0 Å². The highest BCUT2D eigenvalue weighted by Gasteiger charge is 2.40. The van der Waals surface area contributed by atoms with E-state index in [-0.39, 0.29) is 43.1 Å². The first-order valence-electron chi connectivity index (χ1n) is 14.8. The number of allylic oxidation sites excluding steroid dienone is 2. The van der Waals surface area contributed by atoms with Crippen LogP contribution in [0.1, 0.15) is 62.5 Å². The van der Waals surface area contributed by atoms with E-state index in [4.69, 9.17) is 4.74 Å². The number of carbonyl (C=O) groups is 2. The van der Waals surface area contributed by atoms with Gasteiger partial charge in [0.2, 0.25) is 5.91 Å². The lowest BCUT2D eigenvalue weighted by Crippen LogP contribution is -2.31. The highest BCUT2D eigenvalue weighted by atomic mass is 16.9. The first-order valence-corrected chi connectivity index (χ1v) is 14.8. The van der Waals surface area contributed by atoms with E-state index >= 15 is 0 Å². The quantitative estimate of drug-likeness (QED) is 0.0500. The van der Waals surface area contributed by atoms with Crippen LogP contribution in [0, 0.1) is 22.0 Å². The molecule has 11 heteroatoms. The second-order valence-electron chi connectivity index (χ2n) is 10.9. The van der Waals surface area contributed by atoms with Gasteiger partial charge in [0.25, 0.3) is 5.09 Å². The summed E-state index contributed by atoms with van der Waals surface area (Å²) in [5.41, 5.74) is 1.64. The lowest BCUT2D eigenvalue weighted by atomic mass is 9.85. The summed E-state index contributed by atoms with van der Waals surface area (Å²) in [7, 11) is 0. The van der Waals surface area contributed by atoms with Gasteiger partial charge in [0, 0.05) is 6.42 Å². The van der Waals surface area contributed by atoms with Gasteiger partial charge in [-0.3, -0.25) is 4.79 Å². The topological polar surface area (TPSA) is 168 Å². The summed E-state index contributed by atoms with van der Waals surface area (Å²) in [5.74, 6) is -0.929. The van der Waals surface area contributed by atoms with Crippen molar-refractivity contribution in [2.24, 2.45) is 11.8 Å². The van der Waals surface area contributed by atoms with Crippen LogP contribution >= 0.6 is 0 Å². The van der Waals surface area contributed by atoms with Crippen molar-refractivity contribution < 1.29 is 39.6 Å². The predicted molar refractivity (Wildman–Crippen MR) is 158 cm³/mol. The molecule has 5 atom stereocenters. The summed E-state index contributed by atoms with van der Waals surface area (Å²) in [4.78, 5) is 38.8. The third-order valence-electron chi connectivity index (χ3n) is 7.71. The van der Waals surface area contributed by atoms with Crippen molar-refractivity contribution in [1.82, 2.24) is 5.32 Å². The van der Waals surface area contributed by atoms with E-state index < -0.39 is 29.4 Å². The monoisotopic (exact) mass is 598 g/mol. The van der Waals surface area contributed by atoms with E-state index in [1.165, 1.54) is 17.7 Å². The van der Waals surface area contributed by atoms with Crippen LogP contribution in [-0.2, 0) is 27.5 Å². The van der Waals surface area contributed by atoms with Crippen molar-refractivity contribution in [2.45, 2.75) is 82.7 Å². The highest BCUT2D eigenvalue weighted by molar-refractivity contribution is 5.82. The van der Waals surface area contributed by atoms with E-state index in [1.807, 2.05) is 42.5 Å². The number of amides is 1. The molecule has 0 bridgehead atoms. The number of aliphatic hydroxyl groups is 3. The minimum Gasteiger partial charge on any atom is -0.425 e. The number of unbranched alkanes of at least 4 members (excludes halogenated alkanes) is 1. The molecule has 0 unspecified atom stereocenters. The number of ether oxygens (including phenoxy) is 1. The molecule has 0 saturated heterocycles. The molecule has 1 amide bonds. The molecule has 234 valence electrons. The molecular weight excluding hydrogens is 556 g/mol. The molecule has 1 aliphatic rings. The van der Waals surface area contributed by atoms with E-state index in [1.54, 1.807) is 12.1 Å². The van der Waals surface area contributed by atoms with Crippen LogP contribution in [0.4, 0.5) is 0 Å². The number of benzene rings is 2. The fourth-order valence-electron chi connectivity index (χ4n) is 5.42. The van der Waals surface area contributed by atoms with Crippen molar-refractivity contribution in [3.8, 4) is 5.75 Å². The van der Waals surface area contributed by atoms with Gasteiger partial charge in [-0.25, -0.2) is 4.79 Å². The number of carbonyl (C=O) groups excluding carboxylic acids is 2. The lowest BCUT2D eigenvalue weighted by Gasteiger charge is -2.23. The largest absolute Gasteiger partial charge is 0.425 e. The fourth-order valence-corrected chi connectivity index (χ4v) is 5.42. The maximum absolute atomic E-state index is 12.1. The molecule has 0 heterocycles. The lowest BCUT2D eigenvalue weighted by molar-refractivity contribution is -0.763. The Hall–Kier alpha value is -3.80. The Morgan fingerprint density at radius 2 is 1.77 bits per heavy atom. The van der Waals surface area contributed by atoms with Gasteiger partial charge >= 0.3 is 5.97 Å². The van der Waals surface area contributed by atoms with Crippen molar-refractivity contribution >= 4 is 11.9 Å². The molecular formula is C32H42N2O9. The van der Waals surface area contributed by atoms with E-state index in [9.17, 15) is 35.0 Å². The number of nitrogens with one attached hydrogen (secondary N) is 1. The first-order chi connectivity index (χ1) is 20.7. The van der Waals surface area contributed by atoms with Crippen LogP contribution in [0.5, 0.6) is 5.75 Å². The van der Waals surface area contributed by atoms with E-state index in [2.05, 4.69) is 10.2 Å². The summed E-state index contributed by atoms with van der Waals surface area (Å²) in [6, 6.07) is 16.1. The average Bonchev–Trinajstić information content (AvgIpc) is 3.26. The maximum Gasteiger partial charge on any atom is 0.330 e. The van der Waals surface area contributed by atoms with Gasteiger partial charge in [0.1, 0.15) is 18.9 Å². The molecule has 0 aromatic heterocycles. The van der Waals surface area contributed by atoms with Crippen molar-refractivity contribution in [1.29, 1.82) is 0 Å². The van der Waals surface area contributed by atoms with Gasteiger partial charge in [0.05, 0.1) is 18.3 Å². The summed E-state index contributed by atoms with van der Waals surface area (Å²) in [5, 5.41) is 43.4. The van der Waals surface area contributed by atoms with Crippen molar-refractivity contribution in [3.63, 3.8) is 0 Å². The third kappa shape index (κ3) is 12.5. The summed E-state index contributed by atoms with van der Waals surface area (Å²) < 4.78 is 5.16. The number of aryl methyl sites for hydroxylation is 1. The van der Waals surface area contributed by atoms with Crippen LogP contribution in [-0.4, -0.2) is 57.1 Å². The standard InChI is InChI=1S/C32H42N2O9/c35-25(16-15-23-9-4-3-5-10-23)17-18-28-27(29(36)20-30(28)37)13-6-1-2-7-14-31(38)33-21-32(39)43-26-12-8-11-24(19-26)22-42-34(40)41/h1,3-6,8-12,19,25,27-30,35-37H,2,7,13-18,20-22H2,(H,33,38)/b6-1-/t25-,27+,28+,29-,30+/m0/s1. The highest BCUT2D eigenvalue weighted by Crippen LogP contribution is 2.38. The zero-order chi connectivity index (χ0) is 31.0. The van der Waals surface area contributed by atoms with E-state index in [0.29, 0.717) is 50.5 Å². The van der Waals surface area contributed by atoms with Crippen molar-refractivity contribution in [2.75, 3.05) is 6.54 Å². The summed E-state index contributed by atoms with van der Waals surface area (Å²) in [6.45, 7) is -0.582. The van der Waals surface area contributed by atoms with Gasteiger partial charge in [-0.15, -0.1) is 10.1 Å². The second-order valence-corrected chi connectivity index (χ2v) is 10.9. The molecule has 3 rings (SSSR count). The zero-order valence-electron chi connectivity index (χ0n) is 24.3. The SMILES string of the molecule is O=C(CCC/C=C\C[C@@H]1[C@@H](CC[C@@H](O)CCc2ccccc2)[C@H](O)C[C@@H]1O)NCC(=O)Oc1cccc(CO[N+](=O)[O-])c1. The molecule has 1 fully saturated rings. The number of nitrogens with zero attached hydrogens (tertiary/aromatic N) is 1. The Morgan fingerprint density at radius 3 is 2.53 bits per heavy atom. The first kappa shape index (κ1) is 33.7. The van der Waals surface area contributed by atoms with Crippen LogP contribution in [0.15, 0.2) is 66.7 Å². The van der Waals surface area contributed by atoms with Gasteiger partial charge < -0.3 is 30.2 Å². The Labute approximate surface area is 251 Å². The molecule has 0 aliphatic heterocycles. The molecule has 43 heavy (non-hydrogen) atoms. The third-order valence-corrected chi connectivity index (χ3v) is 7.71. The van der Waals surface area contributed by atoms with Gasteiger partial charge in [-0.05, 0) is 86.5 Å². The molecule has 2 aromatic rings. The number of hydrogen-bond acceptors (Lipinski definition) is 9. The summed E-state index contributed by atoms with van der Waals surface area (Å²) >= 11 is 0. The minimum absolute atomic E-state index is 0.0755. The molecule has 1 saturated carbocycles. The molecule has 4 N–H and O–H groups in total. The average molecular weight is 599 g/mol. The molecule has 1 aliphatic carbocycles. The van der Waals surface area contributed by atoms with Crippen molar-refractivity contribution in [3.05, 3.63) is 88.0 Å². The minimum atomic E-state index is -0.908.